The molecule has 1 aliphatic heterocycles. The van der Waals surface area contributed by atoms with Gasteiger partial charge in [-0.05, 0) is 31.4 Å². The van der Waals surface area contributed by atoms with Crippen LogP contribution in [0.25, 0.3) is 11.4 Å². The molecule has 1 aromatic carbocycles. The van der Waals surface area contributed by atoms with Crippen molar-refractivity contribution in [2.45, 2.75) is 31.0 Å². The van der Waals surface area contributed by atoms with Crippen molar-refractivity contribution in [2.24, 2.45) is 0 Å². The summed E-state index contributed by atoms with van der Waals surface area (Å²) >= 11 is 1.40. The van der Waals surface area contributed by atoms with Gasteiger partial charge < -0.3 is 23.8 Å². The van der Waals surface area contributed by atoms with Crippen LogP contribution in [-0.2, 0) is 16.1 Å². The maximum Gasteiger partial charge on any atom is 0.233 e. The lowest BCUT2D eigenvalue weighted by Gasteiger charge is -2.26. The van der Waals surface area contributed by atoms with E-state index in [1.165, 1.54) is 18.2 Å². The van der Waals surface area contributed by atoms with E-state index in [0.29, 0.717) is 47.1 Å². The van der Waals surface area contributed by atoms with Crippen LogP contribution < -0.4 is 14.2 Å². The first-order valence-corrected chi connectivity index (χ1v) is 11.2. The molecule has 0 radical (unpaired) electrons. The van der Waals surface area contributed by atoms with Crippen LogP contribution in [0.3, 0.4) is 0 Å². The zero-order valence-electron chi connectivity index (χ0n) is 18.5. The summed E-state index contributed by atoms with van der Waals surface area (Å²) in [7, 11) is 6.36. The number of thioether (sulfide) groups is 1. The van der Waals surface area contributed by atoms with Crippen LogP contribution in [0.2, 0.25) is 0 Å². The molecule has 170 valence electrons. The first-order valence-electron chi connectivity index (χ1n) is 10.3. The molecule has 0 saturated carbocycles. The Bertz CT molecular complexity index is 858. The second-order valence-corrected chi connectivity index (χ2v) is 8.04. The van der Waals surface area contributed by atoms with Crippen molar-refractivity contribution < 1.29 is 23.7 Å². The lowest BCUT2D eigenvalue weighted by atomic mass is 10.1. The van der Waals surface area contributed by atoms with Crippen LogP contribution in [0.5, 0.6) is 17.2 Å². The molecule has 0 atom stereocenters. The number of rotatable bonds is 10. The highest BCUT2D eigenvalue weighted by Gasteiger charge is 2.22. The predicted molar refractivity (Wildman–Crippen MR) is 118 cm³/mol. The highest BCUT2D eigenvalue weighted by molar-refractivity contribution is 7.99. The summed E-state index contributed by atoms with van der Waals surface area (Å²) < 4.78 is 23.6. The zero-order chi connectivity index (χ0) is 22.2. The monoisotopic (exact) mass is 450 g/mol. The largest absolute Gasteiger partial charge is 0.493 e. The first kappa shape index (κ1) is 23.2. The van der Waals surface area contributed by atoms with Crippen molar-refractivity contribution in [3.8, 4) is 28.6 Å². The predicted octanol–water partition coefficient (Wildman–Crippen LogP) is 2.72. The molecule has 2 heterocycles. The Morgan fingerprint density at radius 3 is 2.26 bits per heavy atom. The zero-order valence-corrected chi connectivity index (χ0v) is 19.4. The molecule has 0 spiro atoms. The van der Waals surface area contributed by atoms with E-state index in [1.807, 2.05) is 21.6 Å². The van der Waals surface area contributed by atoms with Crippen molar-refractivity contribution in [3.63, 3.8) is 0 Å². The minimum atomic E-state index is 0.139. The molecule has 10 heteroatoms. The molecule has 31 heavy (non-hydrogen) atoms. The second-order valence-electron chi connectivity index (χ2n) is 7.09. The molecule has 1 saturated heterocycles. The van der Waals surface area contributed by atoms with Gasteiger partial charge in [0.05, 0.1) is 40.2 Å². The minimum absolute atomic E-state index is 0.139. The van der Waals surface area contributed by atoms with Crippen molar-refractivity contribution in [3.05, 3.63) is 12.1 Å². The lowest BCUT2D eigenvalue weighted by Crippen LogP contribution is -2.36. The topological polar surface area (TPSA) is 87.9 Å². The molecular weight excluding hydrogens is 420 g/mol. The van der Waals surface area contributed by atoms with Gasteiger partial charge in [0.15, 0.2) is 22.5 Å². The molecule has 0 unspecified atom stereocenters. The van der Waals surface area contributed by atoms with Gasteiger partial charge in [0, 0.05) is 25.8 Å². The van der Waals surface area contributed by atoms with E-state index in [-0.39, 0.29) is 5.91 Å². The molecule has 1 aliphatic rings. The van der Waals surface area contributed by atoms with Crippen LogP contribution in [0, 0.1) is 0 Å². The fourth-order valence-electron chi connectivity index (χ4n) is 3.56. The number of likely N-dealkylation sites (tertiary alicyclic amines) is 1. The minimum Gasteiger partial charge on any atom is -0.493 e. The van der Waals surface area contributed by atoms with E-state index in [4.69, 9.17) is 18.9 Å². The second kappa shape index (κ2) is 11.2. The number of ether oxygens (including phenoxy) is 4. The molecule has 1 fully saturated rings. The summed E-state index contributed by atoms with van der Waals surface area (Å²) in [6.07, 6.45) is 3.35. The highest BCUT2D eigenvalue weighted by Crippen LogP contribution is 2.41. The first-order chi connectivity index (χ1) is 15.1. The van der Waals surface area contributed by atoms with E-state index in [0.717, 1.165) is 31.5 Å². The van der Waals surface area contributed by atoms with E-state index < -0.39 is 0 Å². The van der Waals surface area contributed by atoms with E-state index in [2.05, 4.69) is 10.2 Å². The number of benzene rings is 1. The van der Waals surface area contributed by atoms with Gasteiger partial charge in [0.2, 0.25) is 11.7 Å². The molecule has 3 rings (SSSR count). The third-order valence-corrected chi connectivity index (χ3v) is 6.14. The molecule has 9 nitrogen and oxygen atoms in total. The van der Waals surface area contributed by atoms with Crippen molar-refractivity contribution in [2.75, 3.05) is 53.9 Å². The SMILES string of the molecule is COCCn1c(SCC(=O)N2CCCCC2)nnc1-c1cc(OC)c(OC)c(OC)c1. The van der Waals surface area contributed by atoms with Crippen molar-refractivity contribution in [1.82, 2.24) is 19.7 Å². The summed E-state index contributed by atoms with van der Waals surface area (Å²) in [6, 6.07) is 3.67. The Morgan fingerprint density at radius 2 is 1.68 bits per heavy atom. The maximum atomic E-state index is 12.6. The average Bonchev–Trinajstić information content (AvgIpc) is 3.23. The lowest BCUT2D eigenvalue weighted by molar-refractivity contribution is -0.129. The van der Waals surface area contributed by atoms with Crippen molar-refractivity contribution >= 4 is 17.7 Å². The summed E-state index contributed by atoms with van der Waals surface area (Å²) in [5.74, 6) is 2.70. The number of amides is 1. The Morgan fingerprint density at radius 1 is 1.00 bits per heavy atom. The van der Waals surface area contributed by atoms with Crippen LogP contribution in [0.4, 0.5) is 0 Å². The number of methoxy groups -OCH3 is 4. The smallest absolute Gasteiger partial charge is 0.233 e. The standard InChI is InChI=1S/C21H30N4O5S/c1-27-11-10-25-20(15-12-16(28-2)19(30-4)17(13-15)29-3)22-23-21(25)31-14-18(26)24-8-6-5-7-9-24/h12-13H,5-11,14H2,1-4H3. The molecule has 1 amide bonds. The molecule has 1 aromatic heterocycles. The quantitative estimate of drug-likeness (QED) is 0.511. The van der Waals surface area contributed by atoms with E-state index >= 15 is 0 Å². The molecule has 0 aliphatic carbocycles. The van der Waals surface area contributed by atoms with Gasteiger partial charge in [0.1, 0.15) is 0 Å². The van der Waals surface area contributed by atoms with Gasteiger partial charge in [-0.15, -0.1) is 10.2 Å². The number of nitrogens with zero attached hydrogens (tertiary/aromatic N) is 4. The maximum absolute atomic E-state index is 12.6. The molecule has 2 aromatic rings. The fraction of sp³-hybridized carbons (Fsp3) is 0.571. The van der Waals surface area contributed by atoms with E-state index in [9.17, 15) is 4.79 Å². The normalized spacial score (nSPS) is 13.9. The third-order valence-electron chi connectivity index (χ3n) is 5.19. The number of hydrogen-bond donors (Lipinski definition) is 0. The Hall–Kier alpha value is -2.46. The fourth-order valence-corrected chi connectivity index (χ4v) is 4.43. The Labute approximate surface area is 187 Å². The Kier molecular flexibility index (Phi) is 8.42. The van der Waals surface area contributed by atoms with E-state index in [1.54, 1.807) is 28.4 Å². The summed E-state index contributed by atoms with van der Waals surface area (Å²) in [5.41, 5.74) is 0.771. The molecule has 0 bridgehead atoms. The number of aromatic nitrogens is 3. The van der Waals surface area contributed by atoms with Gasteiger partial charge in [0.25, 0.3) is 0 Å². The van der Waals surface area contributed by atoms with Crippen LogP contribution in [-0.4, -0.2) is 79.5 Å². The molecular formula is C21H30N4O5S. The third kappa shape index (κ3) is 5.43. The van der Waals surface area contributed by atoms with Crippen LogP contribution in [0.15, 0.2) is 17.3 Å². The summed E-state index contributed by atoms with van der Waals surface area (Å²) in [4.78, 5) is 14.5. The van der Waals surface area contributed by atoms with Crippen LogP contribution >= 0.6 is 11.8 Å². The summed E-state index contributed by atoms with van der Waals surface area (Å²) in [5, 5.41) is 9.42. The number of carbonyl (C=O) groups excluding carboxylic acids is 1. The number of hydrogen-bond acceptors (Lipinski definition) is 8. The molecule has 0 N–H and O–H groups in total. The number of piperidine rings is 1. The Balaban J connectivity index is 1.87. The van der Waals surface area contributed by atoms with Gasteiger partial charge in [-0.3, -0.25) is 9.36 Å². The highest BCUT2D eigenvalue weighted by atomic mass is 32.2. The van der Waals surface area contributed by atoms with Crippen molar-refractivity contribution in [1.29, 1.82) is 0 Å². The number of carbonyl (C=O) groups is 1. The van der Waals surface area contributed by atoms with Crippen LogP contribution in [0.1, 0.15) is 19.3 Å². The average molecular weight is 451 g/mol. The van der Waals surface area contributed by atoms with Gasteiger partial charge >= 0.3 is 0 Å². The van der Waals surface area contributed by atoms with Gasteiger partial charge in [-0.1, -0.05) is 11.8 Å². The van der Waals surface area contributed by atoms with Gasteiger partial charge in [-0.25, -0.2) is 0 Å². The van der Waals surface area contributed by atoms with Gasteiger partial charge in [-0.2, -0.15) is 0 Å². The summed E-state index contributed by atoms with van der Waals surface area (Å²) in [6.45, 7) is 2.72.